The smallest absolute Gasteiger partial charge is 0.340 e. The van der Waals surface area contributed by atoms with Gasteiger partial charge in [0.2, 0.25) is 0 Å². The highest BCUT2D eigenvalue weighted by Gasteiger charge is 2.16. The van der Waals surface area contributed by atoms with E-state index in [1.54, 1.807) is 48.6 Å². The van der Waals surface area contributed by atoms with E-state index in [4.69, 9.17) is 14.2 Å². The lowest BCUT2D eigenvalue weighted by molar-refractivity contribution is -0.119. The molecule has 0 bridgehead atoms. The maximum absolute atomic E-state index is 12.4. The van der Waals surface area contributed by atoms with Crippen LogP contribution < -0.4 is 14.8 Å². The molecule has 0 fully saturated rings. The lowest BCUT2D eigenvalue weighted by Gasteiger charge is -2.11. The minimum absolute atomic E-state index is 0.332. The van der Waals surface area contributed by atoms with E-state index in [0.29, 0.717) is 41.7 Å². The number of nitrogens with zero attached hydrogens (tertiary/aromatic N) is 1. The van der Waals surface area contributed by atoms with Crippen molar-refractivity contribution in [1.82, 2.24) is 4.98 Å². The summed E-state index contributed by atoms with van der Waals surface area (Å²) in [6, 6.07) is 12.5. The van der Waals surface area contributed by atoms with E-state index in [9.17, 15) is 9.59 Å². The van der Waals surface area contributed by atoms with E-state index in [2.05, 4.69) is 10.3 Å². The van der Waals surface area contributed by atoms with Gasteiger partial charge in [-0.3, -0.25) is 9.78 Å². The zero-order valence-electron chi connectivity index (χ0n) is 16.3. The first-order valence-corrected chi connectivity index (χ1v) is 10.4. The van der Waals surface area contributed by atoms with E-state index in [1.807, 2.05) is 17.5 Å². The molecule has 3 aromatic rings. The molecule has 1 aliphatic heterocycles. The number of anilines is 1. The molecule has 0 unspecified atom stereocenters. The van der Waals surface area contributed by atoms with Crippen molar-refractivity contribution in [2.75, 3.05) is 25.1 Å². The van der Waals surface area contributed by atoms with E-state index in [-0.39, 0.29) is 0 Å². The van der Waals surface area contributed by atoms with E-state index in [0.717, 1.165) is 17.0 Å². The average molecular weight is 424 g/mol. The fourth-order valence-corrected chi connectivity index (χ4v) is 3.68. The van der Waals surface area contributed by atoms with Gasteiger partial charge in [-0.05, 0) is 42.6 Å². The normalized spacial score (nSPS) is 12.7. The lowest BCUT2D eigenvalue weighted by atomic mass is 10.2. The quantitative estimate of drug-likeness (QED) is 0.621. The number of esters is 1. The second-order valence-electron chi connectivity index (χ2n) is 6.64. The third-order valence-corrected chi connectivity index (χ3v) is 5.34. The van der Waals surface area contributed by atoms with Crippen molar-refractivity contribution in [1.29, 1.82) is 0 Å². The molecule has 0 atom stereocenters. The first-order valence-electron chi connectivity index (χ1n) is 9.48. The largest absolute Gasteiger partial charge is 0.490 e. The molecule has 0 spiro atoms. The summed E-state index contributed by atoms with van der Waals surface area (Å²) >= 11 is 1.58. The van der Waals surface area contributed by atoms with Crippen molar-refractivity contribution in [3.63, 3.8) is 0 Å². The molecule has 1 aliphatic rings. The predicted octanol–water partition coefficient (Wildman–Crippen LogP) is 4.08. The molecule has 1 amide bonds. The molecular formula is C22H20N2O5S. The monoisotopic (exact) mass is 424 g/mol. The Morgan fingerprint density at radius 1 is 1.13 bits per heavy atom. The van der Waals surface area contributed by atoms with Gasteiger partial charge >= 0.3 is 5.97 Å². The molecule has 1 aromatic carbocycles. The second kappa shape index (κ2) is 8.96. The summed E-state index contributed by atoms with van der Waals surface area (Å²) in [4.78, 5) is 30.1. The number of pyridine rings is 1. The van der Waals surface area contributed by atoms with Crippen molar-refractivity contribution in [3.05, 3.63) is 59.1 Å². The van der Waals surface area contributed by atoms with Crippen molar-refractivity contribution in [2.45, 2.75) is 13.3 Å². The maximum Gasteiger partial charge on any atom is 0.340 e. The molecule has 30 heavy (non-hydrogen) atoms. The van der Waals surface area contributed by atoms with Gasteiger partial charge in [-0.25, -0.2) is 4.79 Å². The highest BCUT2D eigenvalue weighted by molar-refractivity contribution is 7.13. The van der Waals surface area contributed by atoms with Gasteiger partial charge in [0.25, 0.3) is 5.91 Å². The number of amides is 1. The Labute approximate surface area is 177 Å². The van der Waals surface area contributed by atoms with Crippen LogP contribution in [0.1, 0.15) is 22.5 Å². The highest BCUT2D eigenvalue weighted by Crippen LogP contribution is 2.32. The number of hydrogen-bond donors (Lipinski definition) is 1. The number of carbonyl (C=O) groups is 2. The molecule has 0 saturated carbocycles. The van der Waals surface area contributed by atoms with Crippen LogP contribution in [-0.2, 0) is 9.53 Å². The number of hydrogen-bond acceptors (Lipinski definition) is 7. The summed E-state index contributed by atoms with van der Waals surface area (Å²) < 4.78 is 16.3. The number of ether oxygens (including phenoxy) is 3. The third kappa shape index (κ3) is 4.60. The molecule has 1 N–H and O–H groups in total. The summed E-state index contributed by atoms with van der Waals surface area (Å²) in [5.74, 6) is 0.186. The van der Waals surface area contributed by atoms with Gasteiger partial charge in [-0.2, -0.15) is 0 Å². The molecule has 154 valence electrons. The third-order valence-electron chi connectivity index (χ3n) is 4.44. The molecular weight excluding hydrogens is 404 g/mol. The number of nitrogens with one attached hydrogen (secondary N) is 1. The highest BCUT2D eigenvalue weighted by atomic mass is 32.1. The topological polar surface area (TPSA) is 86.8 Å². The first-order chi connectivity index (χ1) is 14.6. The number of rotatable bonds is 5. The van der Waals surface area contributed by atoms with E-state index < -0.39 is 18.5 Å². The van der Waals surface area contributed by atoms with Gasteiger partial charge in [0.15, 0.2) is 18.1 Å². The maximum atomic E-state index is 12.4. The van der Waals surface area contributed by atoms with Gasteiger partial charge in [-0.15, -0.1) is 11.3 Å². The van der Waals surface area contributed by atoms with Crippen LogP contribution in [-0.4, -0.2) is 36.7 Å². The standard InChI is InChI=1S/C22H20N2O5S/c1-14-16(6-7-17(23-14)20-4-2-11-30-20)22(26)29-13-21(25)24-15-5-8-18-19(12-15)28-10-3-9-27-18/h2,4-8,11-12H,3,9-10,13H2,1H3,(H,24,25). The zero-order valence-corrected chi connectivity index (χ0v) is 17.2. The van der Waals surface area contributed by atoms with Crippen LogP contribution >= 0.6 is 11.3 Å². The van der Waals surface area contributed by atoms with Crippen molar-refractivity contribution in [2.24, 2.45) is 0 Å². The number of thiophene rings is 1. The molecule has 4 rings (SSSR count). The van der Waals surface area contributed by atoms with Gasteiger partial charge in [0.05, 0.1) is 35.0 Å². The minimum Gasteiger partial charge on any atom is -0.490 e. The van der Waals surface area contributed by atoms with Crippen LogP contribution in [0.25, 0.3) is 10.6 Å². The zero-order chi connectivity index (χ0) is 20.9. The Morgan fingerprint density at radius 2 is 1.97 bits per heavy atom. The minimum atomic E-state index is -0.591. The number of fused-ring (bicyclic) bond motifs is 1. The average Bonchev–Trinajstić information content (AvgIpc) is 3.18. The fraction of sp³-hybridized carbons (Fsp3) is 0.227. The summed E-state index contributed by atoms with van der Waals surface area (Å²) in [6.07, 6.45) is 0.800. The van der Waals surface area contributed by atoms with Crippen LogP contribution in [0.5, 0.6) is 11.5 Å². The van der Waals surface area contributed by atoms with Crippen LogP contribution in [0.4, 0.5) is 5.69 Å². The molecule has 0 aliphatic carbocycles. The molecule has 0 radical (unpaired) electrons. The Balaban J connectivity index is 1.35. The van der Waals surface area contributed by atoms with Gasteiger partial charge < -0.3 is 19.5 Å². The Morgan fingerprint density at radius 3 is 2.73 bits per heavy atom. The number of carbonyl (C=O) groups excluding carboxylic acids is 2. The summed E-state index contributed by atoms with van der Waals surface area (Å²) in [5.41, 5.74) is 2.22. The van der Waals surface area contributed by atoms with Gasteiger partial charge in [0.1, 0.15) is 0 Å². The number of aryl methyl sites for hydroxylation is 1. The predicted molar refractivity (Wildman–Crippen MR) is 113 cm³/mol. The molecule has 8 heteroatoms. The summed E-state index contributed by atoms with van der Waals surface area (Å²) in [7, 11) is 0. The molecule has 3 heterocycles. The first kappa shape index (κ1) is 19.9. The fourth-order valence-electron chi connectivity index (χ4n) is 2.99. The summed E-state index contributed by atoms with van der Waals surface area (Å²) in [5, 5.41) is 4.66. The lowest BCUT2D eigenvalue weighted by Crippen LogP contribution is -2.21. The van der Waals surface area contributed by atoms with Crippen LogP contribution in [0.2, 0.25) is 0 Å². The van der Waals surface area contributed by atoms with E-state index in [1.165, 1.54) is 0 Å². The Hall–Kier alpha value is -3.39. The van der Waals surface area contributed by atoms with Crippen LogP contribution in [0.15, 0.2) is 47.8 Å². The Kier molecular flexibility index (Phi) is 5.94. The molecule has 7 nitrogen and oxygen atoms in total. The van der Waals surface area contributed by atoms with Crippen molar-refractivity contribution >= 4 is 28.9 Å². The molecule has 2 aromatic heterocycles. The van der Waals surface area contributed by atoms with Crippen LogP contribution in [0, 0.1) is 6.92 Å². The van der Waals surface area contributed by atoms with Gasteiger partial charge in [0, 0.05) is 18.2 Å². The molecule has 0 saturated heterocycles. The Bertz CT molecular complexity index is 1070. The van der Waals surface area contributed by atoms with E-state index >= 15 is 0 Å². The SMILES string of the molecule is Cc1nc(-c2cccs2)ccc1C(=O)OCC(=O)Nc1ccc2c(c1)OCCCO2. The van der Waals surface area contributed by atoms with Crippen molar-refractivity contribution in [3.8, 4) is 22.1 Å². The van der Waals surface area contributed by atoms with Crippen molar-refractivity contribution < 1.29 is 23.8 Å². The van der Waals surface area contributed by atoms with Crippen LogP contribution in [0.3, 0.4) is 0 Å². The number of aromatic nitrogens is 1. The summed E-state index contributed by atoms with van der Waals surface area (Å²) in [6.45, 7) is 2.49. The number of benzene rings is 1. The second-order valence-corrected chi connectivity index (χ2v) is 7.59. The van der Waals surface area contributed by atoms with Gasteiger partial charge in [-0.1, -0.05) is 6.07 Å².